The number of aromatic nitrogens is 2. The highest BCUT2D eigenvalue weighted by Gasteiger charge is 2.35. The van der Waals surface area contributed by atoms with Crippen molar-refractivity contribution in [1.82, 2.24) is 9.97 Å². The normalized spacial score (nSPS) is 23.6. The number of nitrogens with zero attached hydrogens (tertiary/aromatic N) is 2. The van der Waals surface area contributed by atoms with E-state index in [0.29, 0.717) is 5.25 Å². The van der Waals surface area contributed by atoms with Crippen molar-refractivity contribution in [3.8, 4) is 0 Å². The van der Waals surface area contributed by atoms with Crippen molar-refractivity contribution in [3.05, 3.63) is 17.0 Å². The maximum absolute atomic E-state index is 12.6. The van der Waals surface area contributed by atoms with Crippen molar-refractivity contribution >= 4 is 29.2 Å². The van der Waals surface area contributed by atoms with E-state index in [1.54, 1.807) is 0 Å². The Bertz CT molecular complexity index is 462. The molecule has 0 atom stereocenters. The van der Waals surface area contributed by atoms with Crippen molar-refractivity contribution < 1.29 is 13.2 Å². The van der Waals surface area contributed by atoms with Crippen LogP contribution in [0.4, 0.5) is 19.0 Å². The van der Waals surface area contributed by atoms with Gasteiger partial charge in [-0.25, -0.2) is 9.97 Å². The minimum Gasteiger partial charge on any atom is -0.367 e. The molecule has 1 aromatic rings. The molecule has 0 radical (unpaired) electrons. The molecular formula is C12H15ClF3N3S. The molecule has 0 aliphatic heterocycles. The fourth-order valence-corrected chi connectivity index (χ4v) is 3.20. The van der Waals surface area contributed by atoms with Crippen LogP contribution in [0.3, 0.4) is 0 Å². The molecule has 1 aliphatic rings. The second-order valence-electron chi connectivity index (χ2n) is 4.75. The third-order valence-corrected chi connectivity index (χ3v) is 4.64. The molecule has 1 fully saturated rings. The molecule has 20 heavy (non-hydrogen) atoms. The molecule has 1 heterocycles. The highest BCUT2D eigenvalue weighted by molar-refractivity contribution is 7.99. The first-order valence-electron chi connectivity index (χ1n) is 6.29. The predicted molar refractivity (Wildman–Crippen MR) is 75.2 cm³/mol. The monoisotopic (exact) mass is 325 g/mol. The number of hydrogen-bond acceptors (Lipinski definition) is 4. The molecule has 1 saturated carbocycles. The summed E-state index contributed by atoms with van der Waals surface area (Å²) in [5, 5.41) is 3.48. The average molecular weight is 326 g/mol. The topological polar surface area (TPSA) is 37.8 Å². The fraction of sp³-hybridized carbons (Fsp3) is 0.667. The van der Waals surface area contributed by atoms with Crippen LogP contribution in [0.25, 0.3) is 0 Å². The number of alkyl halides is 3. The van der Waals surface area contributed by atoms with Crippen LogP contribution < -0.4 is 5.32 Å². The van der Waals surface area contributed by atoms with Gasteiger partial charge in [-0.1, -0.05) is 11.6 Å². The van der Waals surface area contributed by atoms with Crippen LogP contribution in [0.2, 0.25) is 5.15 Å². The lowest BCUT2D eigenvalue weighted by molar-refractivity contribution is -0.144. The Balaban J connectivity index is 2.05. The molecule has 1 aromatic heterocycles. The molecule has 0 amide bonds. The average Bonchev–Trinajstić information content (AvgIpc) is 2.38. The third kappa shape index (κ3) is 4.15. The van der Waals surface area contributed by atoms with Gasteiger partial charge in [-0.05, 0) is 31.9 Å². The Morgan fingerprint density at radius 1 is 1.25 bits per heavy atom. The zero-order valence-corrected chi connectivity index (χ0v) is 12.4. The van der Waals surface area contributed by atoms with Gasteiger partial charge in [0, 0.05) is 17.4 Å². The fourth-order valence-electron chi connectivity index (χ4n) is 2.27. The maximum atomic E-state index is 12.6. The number of hydrogen-bond donors (Lipinski definition) is 1. The lowest BCUT2D eigenvalue weighted by atomic mass is 9.95. The van der Waals surface area contributed by atoms with E-state index in [1.807, 2.05) is 11.8 Å². The third-order valence-electron chi connectivity index (χ3n) is 3.31. The zero-order chi connectivity index (χ0) is 14.8. The van der Waals surface area contributed by atoms with Gasteiger partial charge in [0.05, 0.1) is 0 Å². The van der Waals surface area contributed by atoms with E-state index in [1.165, 1.54) is 6.07 Å². The molecule has 2 rings (SSSR count). The number of thioether (sulfide) groups is 1. The van der Waals surface area contributed by atoms with Gasteiger partial charge in [-0.15, -0.1) is 0 Å². The minimum absolute atomic E-state index is 0.143. The zero-order valence-electron chi connectivity index (χ0n) is 10.9. The quantitative estimate of drug-likeness (QED) is 0.844. The van der Waals surface area contributed by atoms with Crippen LogP contribution in [0.1, 0.15) is 31.5 Å². The molecule has 0 unspecified atom stereocenters. The van der Waals surface area contributed by atoms with E-state index in [4.69, 9.17) is 11.6 Å². The first-order valence-corrected chi connectivity index (χ1v) is 7.96. The number of nitrogens with one attached hydrogen (secondary N) is 1. The molecule has 0 saturated heterocycles. The van der Waals surface area contributed by atoms with Gasteiger partial charge >= 0.3 is 6.18 Å². The molecular weight excluding hydrogens is 311 g/mol. The predicted octanol–water partition coefficient (Wildman–Crippen LogP) is 4.23. The van der Waals surface area contributed by atoms with Crippen LogP contribution >= 0.6 is 23.4 Å². The van der Waals surface area contributed by atoms with Crippen molar-refractivity contribution in [1.29, 1.82) is 0 Å². The van der Waals surface area contributed by atoms with E-state index >= 15 is 0 Å². The Morgan fingerprint density at radius 3 is 2.45 bits per heavy atom. The summed E-state index contributed by atoms with van der Waals surface area (Å²) in [6.45, 7) is 0. The van der Waals surface area contributed by atoms with Gasteiger partial charge in [0.1, 0.15) is 11.0 Å². The van der Waals surface area contributed by atoms with Crippen LogP contribution in [-0.4, -0.2) is 27.5 Å². The Morgan fingerprint density at radius 2 is 1.90 bits per heavy atom. The van der Waals surface area contributed by atoms with Crippen molar-refractivity contribution in [2.24, 2.45) is 0 Å². The second-order valence-corrected chi connectivity index (χ2v) is 6.28. The largest absolute Gasteiger partial charge is 0.451 e. The van der Waals surface area contributed by atoms with E-state index in [2.05, 4.69) is 21.5 Å². The number of anilines is 1. The summed E-state index contributed by atoms with van der Waals surface area (Å²) >= 11 is 7.46. The molecule has 1 aliphatic carbocycles. The van der Waals surface area contributed by atoms with E-state index in [-0.39, 0.29) is 17.0 Å². The lowest BCUT2D eigenvalue weighted by Gasteiger charge is -2.28. The summed E-state index contributed by atoms with van der Waals surface area (Å²) in [7, 11) is 0. The van der Waals surface area contributed by atoms with Gasteiger partial charge in [0.25, 0.3) is 0 Å². The first kappa shape index (κ1) is 15.7. The summed E-state index contributed by atoms with van der Waals surface area (Å²) < 4.78 is 37.8. The van der Waals surface area contributed by atoms with Gasteiger partial charge in [0.15, 0.2) is 0 Å². The Labute approximate surface area is 124 Å². The summed E-state index contributed by atoms with van der Waals surface area (Å²) in [4.78, 5) is 6.71. The van der Waals surface area contributed by atoms with Crippen molar-refractivity contribution in [3.63, 3.8) is 0 Å². The van der Waals surface area contributed by atoms with E-state index < -0.39 is 12.0 Å². The summed E-state index contributed by atoms with van der Waals surface area (Å²) in [5.74, 6) is -1.06. The van der Waals surface area contributed by atoms with Gasteiger partial charge < -0.3 is 5.32 Å². The highest BCUT2D eigenvalue weighted by atomic mass is 35.5. The van der Waals surface area contributed by atoms with Crippen LogP contribution in [-0.2, 0) is 6.18 Å². The van der Waals surface area contributed by atoms with Gasteiger partial charge in [-0.2, -0.15) is 24.9 Å². The molecule has 0 aromatic carbocycles. The van der Waals surface area contributed by atoms with Gasteiger partial charge in [0.2, 0.25) is 5.82 Å². The molecule has 1 N–H and O–H groups in total. The molecule has 0 spiro atoms. The molecule has 0 bridgehead atoms. The Hall–Kier alpha value is -0.690. The molecule has 112 valence electrons. The standard InChI is InChI=1S/C12H15ClF3N3S/c1-20-8-4-2-7(3-5-8)17-10-6-9(13)18-11(19-10)12(14,15)16/h6-8H,2-5H2,1H3,(H,17,18,19). The lowest BCUT2D eigenvalue weighted by Crippen LogP contribution is -2.28. The number of rotatable bonds is 3. The van der Waals surface area contributed by atoms with Crippen molar-refractivity contribution in [2.75, 3.05) is 11.6 Å². The number of halogens is 4. The molecule has 3 nitrogen and oxygen atoms in total. The highest BCUT2D eigenvalue weighted by Crippen LogP contribution is 2.31. The SMILES string of the molecule is CSC1CCC(Nc2cc(Cl)nc(C(F)(F)F)n2)CC1. The maximum Gasteiger partial charge on any atom is 0.451 e. The summed E-state index contributed by atoms with van der Waals surface area (Å²) in [5.41, 5.74) is 0. The van der Waals surface area contributed by atoms with Crippen LogP contribution in [0.5, 0.6) is 0 Å². The smallest absolute Gasteiger partial charge is 0.367 e. The summed E-state index contributed by atoms with van der Waals surface area (Å²) in [6.07, 6.45) is 1.46. The van der Waals surface area contributed by atoms with Crippen molar-refractivity contribution in [2.45, 2.75) is 43.2 Å². The summed E-state index contributed by atoms with van der Waals surface area (Å²) in [6, 6.07) is 1.47. The minimum atomic E-state index is -4.59. The molecule has 8 heteroatoms. The van der Waals surface area contributed by atoms with E-state index in [0.717, 1.165) is 25.7 Å². The van der Waals surface area contributed by atoms with Crippen LogP contribution in [0, 0.1) is 0 Å². The first-order chi connectivity index (χ1) is 9.38. The second kappa shape index (κ2) is 6.39. The van der Waals surface area contributed by atoms with E-state index in [9.17, 15) is 13.2 Å². The Kier molecular flexibility index (Phi) is 5.01. The van der Waals surface area contributed by atoms with Crippen LogP contribution in [0.15, 0.2) is 6.07 Å². The van der Waals surface area contributed by atoms with Gasteiger partial charge in [-0.3, -0.25) is 0 Å².